The van der Waals surface area contributed by atoms with Crippen LogP contribution in [-0.2, 0) is 11.2 Å². The van der Waals surface area contributed by atoms with Gasteiger partial charge < -0.3 is 10.1 Å². The fourth-order valence-electron chi connectivity index (χ4n) is 2.26. The van der Waals surface area contributed by atoms with E-state index in [1.165, 1.54) is 5.56 Å². The maximum Gasteiger partial charge on any atom is 0.242 e. The fraction of sp³-hybridized carbons (Fsp3) is 0.294. The normalized spacial score (nSPS) is 15.6. The molecule has 5 nitrogen and oxygen atoms in total. The predicted molar refractivity (Wildman–Crippen MR) is 108 cm³/mol. The second-order valence-electron chi connectivity index (χ2n) is 5.25. The Morgan fingerprint density at radius 3 is 2.84 bits per heavy atom. The molecule has 2 heterocycles. The molecular formula is C17H21Cl2N3O2S. The van der Waals surface area contributed by atoms with E-state index < -0.39 is 0 Å². The maximum absolute atomic E-state index is 12.0. The molecule has 2 N–H and O–H groups in total. The van der Waals surface area contributed by atoms with Crippen molar-refractivity contribution >= 4 is 48.2 Å². The van der Waals surface area contributed by atoms with Crippen LogP contribution in [-0.4, -0.2) is 28.6 Å². The molecule has 0 bridgehead atoms. The van der Waals surface area contributed by atoms with Crippen molar-refractivity contribution in [3.63, 3.8) is 0 Å². The molecule has 0 saturated carbocycles. The first kappa shape index (κ1) is 21.6. The van der Waals surface area contributed by atoms with Crippen molar-refractivity contribution in [3.8, 4) is 11.6 Å². The zero-order valence-corrected chi connectivity index (χ0v) is 16.2. The van der Waals surface area contributed by atoms with E-state index in [-0.39, 0.29) is 36.8 Å². The van der Waals surface area contributed by atoms with Crippen LogP contribution in [0.4, 0.5) is 5.69 Å². The van der Waals surface area contributed by atoms with Crippen LogP contribution in [0.3, 0.4) is 0 Å². The largest absolute Gasteiger partial charge is 0.439 e. The van der Waals surface area contributed by atoms with Crippen molar-refractivity contribution in [2.75, 3.05) is 16.9 Å². The Morgan fingerprint density at radius 1 is 1.36 bits per heavy atom. The van der Waals surface area contributed by atoms with Gasteiger partial charge in [-0.3, -0.25) is 10.1 Å². The average Bonchev–Trinajstić information content (AvgIpc) is 3.11. The number of hydrogen-bond acceptors (Lipinski definition) is 5. The summed E-state index contributed by atoms with van der Waals surface area (Å²) in [5.41, 5.74) is 1.89. The molecular weight excluding hydrogens is 381 g/mol. The molecule has 8 heteroatoms. The number of thioether (sulfide) groups is 1. The first-order valence-corrected chi connectivity index (χ1v) is 8.75. The Kier molecular flexibility index (Phi) is 9.06. The number of ether oxygens (including phenoxy) is 1. The fourth-order valence-corrected chi connectivity index (χ4v) is 3.20. The Bertz CT molecular complexity index is 680. The van der Waals surface area contributed by atoms with Crippen LogP contribution in [0.2, 0.25) is 0 Å². The monoisotopic (exact) mass is 401 g/mol. The molecule has 1 unspecified atom stereocenters. The smallest absolute Gasteiger partial charge is 0.242 e. The number of benzene rings is 1. The molecule has 0 aliphatic carbocycles. The lowest BCUT2D eigenvalue weighted by Crippen LogP contribution is -2.37. The highest BCUT2D eigenvalue weighted by atomic mass is 35.5. The molecule has 2 aromatic rings. The summed E-state index contributed by atoms with van der Waals surface area (Å²) in [6, 6.07) is 11.4. The third-order valence-corrected chi connectivity index (χ3v) is 4.51. The minimum absolute atomic E-state index is 0. The molecule has 0 spiro atoms. The van der Waals surface area contributed by atoms with Crippen LogP contribution in [0.25, 0.3) is 0 Å². The SMILES string of the molecule is CCc1cccc(Oc2ccc(NC(=O)C3CSCN3)cn2)c1.Cl.Cl. The number of nitrogens with one attached hydrogen (secondary N) is 2. The number of pyridine rings is 1. The molecule has 1 aliphatic heterocycles. The zero-order chi connectivity index (χ0) is 16.1. The number of nitrogens with zero attached hydrogens (tertiary/aromatic N) is 1. The van der Waals surface area contributed by atoms with Gasteiger partial charge in [-0.25, -0.2) is 4.98 Å². The van der Waals surface area contributed by atoms with E-state index in [0.717, 1.165) is 23.8 Å². The molecule has 3 rings (SSSR count). The van der Waals surface area contributed by atoms with Crippen molar-refractivity contribution in [1.29, 1.82) is 0 Å². The Balaban J connectivity index is 0.00000156. The molecule has 1 aliphatic rings. The van der Waals surface area contributed by atoms with Gasteiger partial charge in [0.05, 0.1) is 17.9 Å². The number of aromatic nitrogens is 1. The zero-order valence-electron chi connectivity index (χ0n) is 13.7. The van der Waals surface area contributed by atoms with Gasteiger partial charge in [0.15, 0.2) is 0 Å². The van der Waals surface area contributed by atoms with Gasteiger partial charge in [-0.1, -0.05) is 19.1 Å². The molecule has 1 aromatic carbocycles. The van der Waals surface area contributed by atoms with Crippen molar-refractivity contribution in [2.45, 2.75) is 19.4 Å². The highest BCUT2D eigenvalue weighted by molar-refractivity contribution is 7.99. The lowest BCUT2D eigenvalue weighted by atomic mass is 10.2. The molecule has 136 valence electrons. The van der Waals surface area contributed by atoms with E-state index in [2.05, 4.69) is 28.6 Å². The van der Waals surface area contributed by atoms with Gasteiger partial charge in [0.2, 0.25) is 11.8 Å². The Morgan fingerprint density at radius 2 is 2.20 bits per heavy atom. The number of carbonyl (C=O) groups excluding carboxylic acids is 1. The van der Waals surface area contributed by atoms with Crippen molar-refractivity contribution in [1.82, 2.24) is 10.3 Å². The summed E-state index contributed by atoms with van der Waals surface area (Å²) in [6.45, 7) is 2.10. The number of aryl methyl sites for hydroxylation is 1. The third kappa shape index (κ3) is 6.08. The number of hydrogen-bond donors (Lipinski definition) is 2. The summed E-state index contributed by atoms with van der Waals surface area (Å²) in [6.07, 6.45) is 2.57. The number of amides is 1. The van der Waals surface area contributed by atoms with Gasteiger partial charge in [-0.15, -0.1) is 36.6 Å². The van der Waals surface area contributed by atoms with E-state index in [1.54, 1.807) is 30.1 Å². The van der Waals surface area contributed by atoms with Crippen molar-refractivity contribution in [2.24, 2.45) is 0 Å². The summed E-state index contributed by atoms with van der Waals surface area (Å²) in [5.74, 6) is 2.86. The third-order valence-electron chi connectivity index (χ3n) is 3.57. The van der Waals surface area contributed by atoms with E-state index in [4.69, 9.17) is 4.74 Å². The maximum atomic E-state index is 12.0. The first-order chi connectivity index (χ1) is 11.2. The van der Waals surface area contributed by atoms with E-state index in [1.807, 2.05) is 18.2 Å². The molecule has 0 radical (unpaired) electrons. The number of anilines is 1. The lowest BCUT2D eigenvalue weighted by molar-refractivity contribution is -0.117. The molecule has 1 aromatic heterocycles. The van der Waals surface area contributed by atoms with Crippen LogP contribution in [0.5, 0.6) is 11.6 Å². The van der Waals surface area contributed by atoms with E-state index >= 15 is 0 Å². The topological polar surface area (TPSA) is 63.2 Å². The van der Waals surface area contributed by atoms with Crippen LogP contribution in [0.1, 0.15) is 12.5 Å². The van der Waals surface area contributed by atoms with Crippen molar-refractivity contribution < 1.29 is 9.53 Å². The second-order valence-corrected chi connectivity index (χ2v) is 6.28. The first-order valence-electron chi connectivity index (χ1n) is 7.59. The van der Waals surface area contributed by atoms with Crippen LogP contribution in [0, 0.1) is 0 Å². The van der Waals surface area contributed by atoms with E-state index in [9.17, 15) is 4.79 Å². The number of carbonyl (C=O) groups is 1. The molecule has 1 fully saturated rings. The summed E-state index contributed by atoms with van der Waals surface area (Å²) >= 11 is 1.72. The number of halogens is 2. The summed E-state index contributed by atoms with van der Waals surface area (Å²) < 4.78 is 5.74. The number of rotatable bonds is 5. The van der Waals surface area contributed by atoms with Crippen LogP contribution < -0.4 is 15.4 Å². The standard InChI is InChI=1S/C17H19N3O2S.2ClH/c1-2-12-4-3-5-14(8-12)22-16-7-6-13(9-18-16)20-17(21)15-10-23-11-19-15;;/h3-9,15,19H,2,10-11H2,1H3,(H,20,21);2*1H. The quantitative estimate of drug-likeness (QED) is 0.795. The van der Waals surface area contributed by atoms with Gasteiger partial charge in [-0.05, 0) is 30.2 Å². The summed E-state index contributed by atoms with van der Waals surface area (Å²) in [4.78, 5) is 16.3. The Hall–Kier alpha value is -1.47. The highest BCUT2D eigenvalue weighted by Gasteiger charge is 2.22. The minimum Gasteiger partial charge on any atom is -0.439 e. The van der Waals surface area contributed by atoms with Crippen molar-refractivity contribution in [3.05, 3.63) is 48.2 Å². The van der Waals surface area contributed by atoms with Crippen LogP contribution in [0.15, 0.2) is 42.6 Å². The summed E-state index contributed by atoms with van der Waals surface area (Å²) in [7, 11) is 0. The lowest BCUT2D eigenvalue weighted by Gasteiger charge is -2.11. The highest BCUT2D eigenvalue weighted by Crippen LogP contribution is 2.22. The van der Waals surface area contributed by atoms with Crippen LogP contribution >= 0.6 is 36.6 Å². The Labute approximate surface area is 164 Å². The predicted octanol–water partition coefficient (Wildman–Crippen LogP) is 3.88. The average molecular weight is 402 g/mol. The minimum atomic E-state index is -0.132. The molecule has 1 saturated heterocycles. The molecule has 25 heavy (non-hydrogen) atoms. The van der Waals surface area contributed by atoms with Gasteiger partial charge >= 0.3 is 0 Å². The van der Waals surface area contributed by atoms with Gasteiger partial charge in [0.25, 0.3) is 0 Å². The van der Waals surface area contributed by atoms with Gasteiger partial charge in [0.1, 0.15) is 5.75 Å². The summed E-state index contributed by atoms with van der Waals surface area (Å²) in [5, 5.41) is 6.00. The molecule has 1 amide bonds. The van der Waals surface area contributed by atoms with E-state index in [0.29, 0.717) is 11.6 Å². The van der Waals surface area contributed by atoms with Gasteiger partial charge in [-0.2, -0.15) is 0 Å². The van der Waals surface area contributed by atoms with Gasteiger partial charge in [0, 0.05) is 17.7 Å². The molecule has 1 atom stereocenters. The second kappa shape index (κ2) is 10.5.